The zero-order valence-corrected chi connectivity index (χ0v) is 15.9. The van der Waals surface area contributed by atoms with Gasteiger partial charge in [-0.05, 0) is 31.4 Å². The van der Waals surface area contributed by atoms with E-state index in [0.29, 0.717) is 6.61 Å². The molecule has 0 fully saturated rings. The van der Waals surface area contributed by atoms with Gasteiger partial charge in [0.15, 0.2) is 0 Å². The van der Waals surface area contributed by atoms with Crippen molar-refractivity contribution in [2.75, 3.05) is 19.0 Å². The smallest absolute Gasteiger partial charge is 0.319 e. The molecule has 2 aromatic carbocycles. The summed E-state index contributed by atoms with van der Waals surface area (Å²) in [5.41, 5.74) is 3.18. The molecule has 3 aromatic rings. The maximum Gasteiger partial charge on any atom is 0.319 e. The number of nitrogens with zero attached hydrogens (tertiary/aromatic N) is 1. The van der Waals surface area contributed by atoms with Gasteiger partial charge in [0.1, 0.15) is 0 Å². The highest BCUT2D eigenvalue weighted by Crippen LogP contribution is 2.25. The van der Waals surface area contributed by atoms with E-state index in [9.17, 15) is 4.79 Å². The normalized spacial score (nSPS) is 12.1. The Morgan fingerprint density at radius 2 is 1.85 bits per heavy atom. The fourth-order valence-corrected chi connectivity index (χ4v) is 3.20. The van der Waals surface area contributed by atoms with Crippen molar-refractivity contribution in [3.63, 3.8) is 0 Å². The Kier molecular flexibility index (Phi) is 6.49. The van der Waals surface area contributed by atoms with Gasteiger partial charge < -0.3 is 19.9 Å². The van der Waals surface area contributed by atoms with Gasteiger partial charge in [0.2, 0.25) is 0 Å². The molecule has 2 amide bonds. The summed E-state index contributed by atoms with van der Waals surface area (Å²) in [5.74, 6) is 0. The molecule has 2 N–H and O–H groups in total. The predicted molar refractivity (Wildman–Crippen MR) is 110 cm³/mol. The van der Waals surface area contributed by atoms with E-state index in [0.717, 1.165) is 36.0 Å². The molecule has 1 aromatic heterocycles. The Hall–Kier alpha value is -2.79. The first-order valence-electron chi connectivity index (χ1n) is 9.35. The fourth-order valence-electron chi connectivity index (χ4n) is 3.20. The Balaban J connectivity index is 1.60. The summed E-state index contributed by atoms with van der Waals surface area (Å²) in [5, 5.41) is 7.06. The van der Waals surface area contributed by atoms with E-state index in [-0.39, 0.29) is 12.1 Å². The Bertz CT molecular complexity index is 874. The lowest BCUT2D eigenvalue weighted by Crippen LogP contribution is -2.36. The quantitative estimate of drug-likeness (QED) is 0.620. The van der Waals surface area contributed by atoms with Crippen molar-refractivity contribution in [2.24, 2.45) is 0 Å². The van der Waals surface area contributed by atoms with Crippen molar-refractivity contribution in [1.82, 2.24) is 9.88 Å². The van der Waals surface area contributed by atoms with Gasteiger partial charge in [0, 0.05) is 31.3 Å². The number of urea groups is 1. The van der Waals surface area contributed by atoms with E-state index >= 15 is 0 Å². The molecule has 0 saturated carbocycles. The second-order valence-electron chi connectivity index (χ2n) is 6.77. The number of carbonyl (C=O) groups is 1. The third-order valence-electron chi connectivity index (χ3n) is 4.66. The molecule has 0 bridgehead atoms. The van der Waals surface area contributed by atoms with E-state index in [4.69, 9.17) is 4.74 Å². The van der Waals surface area contributed by atoms with Crippen LogP contribution >= 0.6 is 0 Å². The molecule has 1 heterocycles. The summed E-state index contributed by atoms with van der Waals surface area (Å²) < 4.78 is 7.28. The molecule has 5 nitrogen and oxygen atoms in total. The monoisotopic (exact) mass is 365 g/mol. The maximum atomic E-state index is 12.4. The molecule has 0 saturated heterocycles. The molecule has 142 valence electrons. The van der Waals surface area contributed by atoms with Crippen molar-refractivity contribution in [3.05, 3.63) is 66.4 Å². The second kappa shape index (κ2) is 9.24. The fraction of sp³-hybridized carbons (Fsp3) is 0.318. The zero-order valence-electron chi connectivity index (χ0n) is 15.9. The number of hydrogen-bond acceptors (Lipinski definition) is 2. The van der Waals surface area contributed by atoms with E-state index in [1.807, 2.05) is 49.5 Å². The van der Waals surface area contributed by atoms with Crippen LogP contribution < -0.4 is 10.6 Å². The van der Waals surface area contributed by atoms with Crippen LogP contribution in [0.15, 0.2) is 60.8 Å². The molecule has 3 rings (SSSR count). The van der Waals surface area contributed by atoms with E-state index in [1.54, 1.807) is 7.11 Å². The molecule has 0 aliphatic carbocycles. The van der Waals surface area contributed by atoms with Gasteiger partial charge >= 0.3 is 6.03 Å². The van der Waals surface area contributed by atoms with Crippen LogP contribution in [0.5, 0.6) is 0 Å². The molecule has 0 aliphatic heterocycles. The highest BCUT2D eigenvalue weighted by molar-refractivity contribution is 6.01. The van der Waals surface area contributed by atoms with Crippen molar-refractivity contribution in [1.29, 1.82) is 0 Å². The van der Waals surface area contributed by atoms with Crippen molar-refractivity contribution < 1.29 is 9.53 Å². The predicted octanol–water partition coefficient (Wildman–Crippen LogP) is 4.43. The molecular weight excluding hydrogens is 338 g/mol. The number of ether oxygens (including phenoxy) is 1. The molecule has 0 spiro atoms. The number of aromatic nitrogens is 1. The lowest BCUT2D eigenvalue weighted by atomic mass is 10.1. The number of amides is 2. The van der Waals surface area contributed by atoms with Gasteiger partial charge in [-0.15, -0.1) is 0 Å². The van der Waals surface area contributed by atoms with Gasteiger partial charge in [0.25, 0.3) is 0 Å². The van der Waals surface area contributed by atoms with E-state index in [1.165, 1.54) is 5.56 Å². The lowest BCUT2D eigenvalue weighted by Gasteiger charge is -2.14. The number of hydrogen-bond donors (Lipinski definition) is 2. The number of methoxy groups -OCH3 is 1. The number of aryl methyl sites for hydroxylation is 1. The van der Waals surface area contributed by atoms with Crippen LogP contribution in [0.4, 0.5) is 10.5 Å². The van der Waals surface area contributed by atoms with Gasteiger partial charge in [0.05, 0.1) is 17.8 Å². The first-order chi connectivity index (χ1) is 13.2. The molecule has 1 unspecified atom stereocenters. The van der Waals surface area contributed by atoms with Crippen molar-refractivity contribution >= 4 is 22.6 Å². The molecular formula is C22H27N3O2. The first kappa shape index (κ1) is 19.0. The summed E-state index contributed by atoms with van der Waals surface area (Å²) in [6.07, 6.45) is 3.81. The van der Waals surface area contributed by atoms with Crippen LogP contribution in [0.25, 0.3) is 10.9 Å². The van der Waals surface area contributed by atoms with Crippen LogP contribution in [-0.4, -0.2) is 30.4 Å². The SMILES string of the molecule is COCCn1cc(NC(=O)NC(C)CCc2ccccc2)c2ccccc21. The summed E-state index contributed by atoms with van der Waals surface area (Å²) in [7, 11) is 1.69. The molecule has 27 heavy (non-hydrogen) atoms. The summed E-state index contributed by atoms with van der Waals surface area (Å²) in [4.78, 5) is 12.4. The summed E-state index contributed by atoms with van der Waals surface area (Å²) in [6.45, 7) is 3.40. The van der Waals surface area contributed by atoms with Gasteiger partial charge in [-0.2, -0.15) is 0 Å². The Morgan fingerprint density at radius 1 is 1.11 bits per heavy atom. The minimum Gasteiger partial charge on any atom is -0.383 e. The maximum absolute atomic E-state index is 12.4. The van der Waals surface area contributed by atoms with E-state index < -0.39 is 0 Å². The van der Waals surface area contributed by atoms with Crippen LogP contribution in [0.1, 0.15) is 18.9 Å². The molecule has 0 aliphatic rings. The second-order valence-corrected chi connectivity index (χ2v) is 6.77. The van der Waals surface area contributed by atoms with E-state index in [2.05, 4.69) is 33.4 Å². The Morgan fingerprint density at radius 3 is 2.63 bits per heavy atom. The molecule has 1 atom stereocenters. The highest BCUT2D eigenvalue weighted by atomic mass is 16.5. The Labute approximate surface area is 160 Å². The standard InChI is InChI=1S/C22H27N3O2/c1-17(12-13-18-8-4-3-5-9-18)23-22(26)24-20-16-25(14-15-27-2)21-11-7-6-10-19(20)21/h3-11,16-17H,12-15H2,1-2H3,(H2,23,24,26). The highest BCUT2D eigenvalue weighted by Gasteiger charge is 2.12. The number of rotatable bonds is 8. The van der Waals surface area contributed by atoms with Gasteiger partial charge in [-0.1, -0.05) is 48.5 Å². The third-order valence-corrected chi connectivity index (χ3v) is 4.66. The average molecular weight is 365 g/mol. The van der Waals surface area contributed by atoms with Crippen LogP contribution in [0.2, 0.25) is 0 Å². The minimum atomic E-state index is -0.176. The van der Waals surface area contributed by atoms with Crippen LogP contribution in [-0.2, 0) is 17.7 Å². The number of benzene rings is 2. The van der Waals surface area contributed by atoms with Crippen LogP contribution in [0.3, 0.4) is 0 Å². The number of para-hydroxylation sites is 1. The van der Waals surface area contributed by atoms with Crippen LogP contribution in [0, 0.1) is 0 Å². The summed E-state index contributed by atoms with van der Waals surface area (Å²) >= 11 is 0. The molecule has 5 heteroatoms. The van der Waals surface area contributed by atoms with Crippen molar-refractivity contribution in [2.45, 2.75) is 32.4 Å². The van der Waals surface area contributed by atoms with Crippen molar-refractivity contribution in [3.8, 4) is 0 Å². The number of nitrogens with one attached hydrogen (secondary N) is 2. The number of fused-ring (bicyclic) bond motifs is 1. The molecule has 0 radical (unpaired) electrons. The third kappa shape index (κ3) is 5.11. The number of anilines is 1. The zero-order chi connectivity index (χ0) is 19.1. The largest absolute Gasteiger partial charge is 0.383 e. The van der Waals surface area contributed by atoms with Gasteiger partial charge in [-0.3, -0.25) is 0 Å². The lowest BCUT2D eigenvalue weighted by molar-refractivity contribution is 0.188. The topological polar surface area (TPSA) is 55.3 Å². The minimum absolute atomic E-state index is 0.0899. The first-order valence-corrected chi connectivity index (χ1v) is 9.35. The number of carbonyl (C=O) groups excluding carboxylic acids is 1. The average Bonchev–Trinajstić information content (AvgIpc) is 3.03. The van der Waals surface area contributed by atoms with Gasteiger partial charge in [-0.25, -0.2) is 4.79 Å². The summed E-state index contributed by atoms with van der Waals surface area (Å²) in [6, 6.07) is 18.3.